The highest BCUT2D eigenvalue weighted by atomic mass is 16.2. The van der Waals surface area contributed by atoms with Gasteiger partial charge in [0.2, 0.25) is 5.91 Å². The number of fused-ring (bicyclic) bond motifs is 1. The molecular formula is C24H29N3O2. The minimum Gasteiger partial charge on any atom is -0.350 e. The third kappa shape index (κ3) is 4.67. The maximum Gasteiger partial charge on any atom is 0.251 e. The second-order valence-corrected chi connectivity index (χ2v) is 8.78. The predicted molar refractivity (Wildman–Crippen MR) is 115 cm³/mol. The Kier molecular flexibility index (Phi) is 5.41. The molecule has 2 aliphatic rings. The van der Waals surface area contributed by atoms with E-state index < -0.39 is 0 Å². The number of carbonyl (C=O) groups excluding carboxylic acids is 2. The molecule has 5 nitrogen and oxygen atoms in total. The summed E-state index contributed by atoms with van der Waals surface area (Å²) in [6, 6.07) is 15.8. The van der Waals surface area contributed by atoms with Gasteiger partial charge >= 0.3 is 0 Å². The molecule has 0 bridgehead atoms. The quantitative estimate of drug-likeness (QED) is 0.791. The summed E-state index contributed by atoms with van der Waals surface area (Å²) >= 11 is 0. The van der Waals surface area contributed by atoms with Gasteiger partial charge in [0.25, 0.3) is 5.91 Å². The van der Waals surface area contributed by atoms with E-state index in [2.05, 4.69) is 53.6 Å². The van der Waals surface area contributed by atoms with Crippen LogP contribution in [0.1, 0.15) is 48.2 Å². The van der Waals surface area contributed by atoms with Crippen molar-refractivity contribution in [1.82, 2.24) is 10.2 Å². The fourth-order valence-corrected chi connectivity index (χ4v) is 3.85. The third-order valence-electron chi connectivity index (χ3n) is 6.01. The summed E-state index contributed by atoms with van der Waals surface area (Å²) in [6.07, 6.45) is 2.96. The van der Waals surface area contributed by atoms with Gasteiger partial charge < -0.3 is 10.6 Å². The second kappa shape index (κ2) is 7.99. The summed E-state index contributed by atoms with van der Waals surface area (Å²) in [4.78, 5) is 27.1. The highest BCUT2D eigenvalue weighted by Gasteiger charge is 2.31. The molecule has 0 atom stereocenters. The average Bonchev–Trinajstić information content (AvgIpc) is 3.57. The molecule has 0 unspecified atom stereocenters. The Hall–Kier alpha value is -2.66. The van der Waals surface area contributed by atoms with Crippen molar-refractivity contribution in [2.45, 2.75) is 45.2 Å². The van der Waals surface area contributed by atoms with Crippen molar-refractivity contribution in [2.24, 2.45) is 5.92 Å². The molecule has 29 heavy (non-hydrogen) atoms. The lowest BCUT2D eigenvalue weighted by Gasteiger charge is -2.41. The Morgan fingerprint density at radius 1 is 1.07 bits per heavy atom. The van der Waals surface area contributed by atoms with Gasteiger partial charge in [-0.25, -0.2) is 0 Å². The van der Waals surface area contributed by atoms with Gasteiger partial charge in [-0.3, -0.25) is 14.5 Å². The molecule has 4 rings (SSSR count). The molecule has 1 aliphatic heterocycles. The van der Waals surface area contributed by atoms with Gasteiger partial charge in [-0.1, -0.05) is 30.3 Å². The molecule has 1 fully saturated rings. The van der Waals surface area contributed by atoms with Gasteiger partial charge in [0, 0.05) is 42.3 Å². The molecule has 2 aromatic carbocycles. The Labute approximate surface area is 172 Å². The van der Waals surface area contributed by atoms with Gasteiger partial charge in [-0.05, 0) is 62.4 Å². The molecule has 5 heteroatoms. The van der Waals surface area contributed by atoms with E-state index in [0.29, 0.717) is 17.8 Å². The number of hydrogen-bond donors (Lipinski definition) is 2. The standard InChI is InChI=1S/C24H29N3O2/c1-24(2,27-13-12-17-6-3-4-7-20(17)15-27)16-25-22(28)19-8-5-9-21(14-19)26-23(29)18-10-11-18/h3-9,14,18H,10-13,15-16H2,1-2H3,(H,25,28)(H,26,29). The van der Waals surface area contributed by atoms with E-state index in [1.54, 1.807) is 12.1 Å². The highest BCUT2D eigenvalue weighted by Crippen LogP contribution is 2.30. The van der Waals surface area contributed by atoms with Gasteiger partial charge in [0.15, 0.2) is 0 Å². The number of hydrogen-bond acceptors (Lipinski definition) is 3. The van der Waals surface area contributed by atoms with Crippen LogP contribution in [0.5, 0.6) is 0 Å². The number of nitrogens with one attached hydrogen (secondary N) is 2. The Morgan fingerprint density at radius 3 is 2.59 bits per heavy atom. The van der Waals surface area contributed by atoms with Crippen LogP contribution in [-0.2, 0) is 17.8 Å². The Bertz CT molecular complexity index is 918. The SMILES string of the molecule is CC(C)(CNC(=O)c1cccc(NC(=O)C2CC2)c1)N1CCc2ccccc2C1. The van der Waals surface area contributed by atoms with Crippen molar-refractivity contribution in [3.8, 4) is 0 Å². The van der Waals surface area contributed by atoms with Crippen LogP contribution in [0, 0.1) is 5.92 Å². The van der Waals surface area contributed by atoms with Crippen LogP contribution in [-0.4, -0.2) is 35.3 Å². The lowest BCUT2D eigenvalue weighted by molar-refractivity contribution is -0.117. The zero-order valence-electron chi connectivity index (χ0n) is 17.2. The molecule has 0 aromatic heterocycles. The van der Waals surface area contributed by atoms with Crippen molar-refractivity contribution < 1.29 is 9.59 Å². The number of rotatable bonds is 6. The summed E-state index contributed by atoms with van der Waals surface area (Å²) in [5.74, 6) is 0.0787. The van der Waals surface area contributed by atoms with Crippen molar-refractivity contribution in [3.63, 3.8) is 0 Å². The molecule has 1 heterocycles. The number of nitrogens with zero attached hydrogens (tertiary/aromatic N) is 1. The predicted octanol–water partition coefficient (Wildman–Crippen LogP) is 3.60. The van der Waals surface area contributed by atoms with E-state index in [1.807, 2.05) is 12.1 Å². The molecule has 0 saturated heterocycles. The minimum atomic E-state index is -0.152. The number of benzene rings is 2. The van der Waals surface area contributed by atoms with Crippen molar-refractivity contribution in [1.29, 1.82) is 0 Å². The first-order valence-electron chi connectivity index (χ1n) is 10.4. The summed E-state index contributed by atoms with van der Waals surface area (Å²) < 4.78 is 0. The van der Waals surface area contributed by atoms with Crippen LogP contribution >= 0.6 is 0 Å². The van der Waals surface area contributed by atoms with E-state index in [0.717, 1.165) is 32.4 Å². The van der Waals surface area contributed by atoms with Crippen LogP contribution in [0.2, 0.25) is 0 Å². The third-order valence-corrected chi connectivity index (χ3v) is 6.01. The van der Waals surface area contributed by atoms with Gasteiger partial charge in [-0.15, -0.1) is 0 Å². The molecule has 152 valence electrons. The topological polar surface area (TPSA) is 61.4 Å². The minimum absolute atomic E-state index is 0.0501. The van der Waals surface area contributed by atoms with E-state index in [4.69, 9.17) is 0 Å². The van der Waals surface area contributed by atoms with E-state index >= 15 is 0 Å². The molecule has 2 N–H and O–H groups in total. The van der Waals surface area contributed by atoms with Crippen LogP contribution in [0.25, 0.3) is 0 Å². The number of carbonyl (C=O) groups is 2. The first-order chi connectivity index (χ1) is 13.9. The lowest BCUT2D eigenvalue weighted by Crippen LogP contribution is -2.53. The molecule has 1 saturated carbocycles. The molecular weight excluding hydrogens is 362 g/mol. The smallest absolute Gasteiger partial charge is 0.251 e. The first-order valence-corrected chi connectivity index (χ1v) is 10.4. The maximum absolute atomic E-state index is 12.7. The fourth-order valence-electron chi connectivity index (χ4n) is 3.85. The van der Waals surface area contributed by atoms with Gasteiger partial charge in [0.1, 0.15) is 0 Å². The van der Waals surface area contributed by atoms with Crippen molar-refractivity contribution in [2.75, 3.05) is 18.4 Å². The molecule has 0 radical (unpaired) electrons. The second-order valence-electron chi connectivity index (χ2n) is 8.78. The largest absolute Gasteiger partial charge is 0.350 e. The summed E-state index contributed by atoms with van der Waals surface area (Å²) in [6.45, 7) is 6.80. The first kappa shape index (κ1) is 19.6. The van der Waals surface area contributed by atoms with Crippen LogP contribution in [0.3, 0.4) is 0 Å². The lowest BCUT2D eigenvalue weighted by atomic mass is 9.94. The van der Waals surface area contributed by atoms with Crippen LogP contribution in [0.15, 0.2) is 48.5 Å². The molecule has 1 aliphatic carbocycles. The highest BCUT2D eigenvalue weighted by molar-refractivity contribution is 5.98. The van der Waals surface area contributed by atoms with Gasteiger partial charge in [0.05, 0.1) is 0 Å². The monoisotopic (exact) mass is 391 g/mol. The number of amides is 2. The zero-order chi connectivity index (χ0) is 20.4. The van der Waals surface area contributed by atoms with E-state index in [-0.39, 0.29) is 23.3 Å². The van der Waals surface area contributed by atoms with Crippen molar-refractivity contribution >= 4 is 17.5 Å². The summed E-state index contributed by atoms with van der Waals surface area (Å²) in [7, 11) is 0. The number of anilines is 1. The summed E-state index contributed by atoms with van der Waals surface area (Å²) in [5, 5.41) is 5.99. The fraction of sp³-hybridized carbons (Fsp3) is 0.417. The zero-order valence-corrected chi connectivity index (χ0v) is 17.2. The Balaban J connectivity index is 1.35. The van der Waals surface area contributed by atoms with E-state index in [1.165, 1.54) is 11.1 Å². The molecule has 0 spiro atoms. The van der Waals surface area contributed by atoms with Crippen molar-refractivity contribution in [3.05, 3.63) is 65.2 Å². The molecule has 2 amide bonds. The maximum atomic E-state index is 12.7. The molecule has 2 aromatic rings. The average molecular weight is 392 g/mol. The van der Waals surface area contributed by atoms with Crippen LogP contribution < -0.4 is 10.6 Å². The normalized spacial score (nSPS) is 16.8. The van der Waals surface area contributed by atoms with E-state index in [9.17, 15) is 9.59 Å². The van der Waals surface area contributed by atoms with Crippen LogP contribution in [0.4, 0.5) is 5.69 Å². The van der Waals surface area contributed by atoms with Gasteiger partial charge in [-0.2, -0.15) is 0 Å². The summed E-state index contributed by atoms with van der Waals surface area (Å²) in [5.41, 5.74) is 3.90. The Morgan fingerprint density at radius 2 is 1.83 bits per heavy atom.